The summed E-state index contributed by atoms with van der Waals surface area (Å²) in [6.07, 6.45) is -7.13. The van der Waals surface area contributed by atoms with E-state index >= 15 is 4.79 Å². The number of carbonyl (C=O) groups excluding carboxylic acids is 10. The molecule has 1 saturated heterocycles. The number of amides is 7. The maximum atomic E-state index is 15.3. The summed E-state index contributed by atoms with van der Waals surface area (Å²) in [7, 11) is 4.96. The van der Waals surface area contributed by atoms with E-state index < -0.39 is 149 Å². The van der Waals surface area contributed by atoms with Gasteiger partial charge in [0.25, 0.3) is 11.8 Å². The van der Waals surface area contributed by atoms with Gasteiger partial charge >= 0.3 is 17.9 Å². The number of likely N-dealkylation sites (N-methyl/N-ethyl adjacent to an activating group) is 3. The second-order valence-electron chi connectivity index (χ2n) is 20.9. The van der Waals surface area contributed by atoms with Crippen LogP contribution in [0.2, 0.25) is 0 Å². The predicted octanol–water partition coefficient (Wildman–Crippen LogP) is 2.20. The van der Waals surface area contributed by atoms with Gasteiger partial charge in [-0.3, -0.25) is 33.6 Å². The summed E-state index contributed by atoms with van der Waals surface area (Å²) in [5.74, 6) is -11.2. The fourth-order valence-electron chi connectivity index (χ4n) is 8.08. The second-order valence-corrected chi connectivity index (χ2v) is 20.9. The van der Waals surface area contributed by atoms with Crippen LogP contribution in [0.4, 0.5) is 0 Å². The van der Waals surface area contributed by atoms with Gasteiger partial charge in [0.15, 0.2) is 24.2 Å². The Hall–Kier alpha value is -6.42. The zero-order valence-corrected chi connectivity index (χ0v) is 47.1. The van der Waals surface area contributed by atoms with E-state index in [1.165, 1.54) is 49.0 Å². The number of hydrogen-bond acceptors (Lipinski definition) is 15. The fourth-order valence-corrected chi connectivity index (χ4v) is 8.08. The molecule has 75 heavy (non-hydrogen) atoms. The maximum Gasteiger partial charge on any atom is 0.333 e. The second kappa shape index (κ2) is 28.5. The highest BCUT2D eigenvalue weighted by Crippen LogP contribution is 2.25. The molecule has 0 bridgehead atoms. The molecule has 1 aliphatic rings. The zero-order valence-electron chi connectivity index (χ0n) is 47.1. The van der Waals surface area contributed by atoms with Crippen LogP contribution in [0.5, 0.6) is 0 Å². The molecule has 1 aromatic rings. The maximum absolute atomic E-state index is 15.3. The van der Waals surface area contributed by atoms with Gasteiger partial charge in [-0.05, 0) is 64.9 Å². The summed E-state index contributed by atoms with van der Waals surface area (Å²) in [5.41, 5.74) is -0.735. The number of nitrogens with zero attached hydrogens (tertiary/aromatic N) is 3. The van der Waals surface area contributed by atoms with Crippen molar-refractivity contribution in [3.05, 3.63) is 48.2 Å². The van der Waals surface area contributed by atoms with Crippen LogP contribution in [0.25, 0.3) is 0 Å². The Balaban J connectivity index is 3.01. The zero-order chi connectivity index (χ0) is 57.6. The molecule has 0 radical (unpaired) electrons. The monoisotopic (exact) mass is 1060 g/mol. The van der Waals surface area contributed by atoms with Gasteiger partial charge in [-0.1, -0.05) is 85.4 Å². The first-order chi connectivity index (χ1) is 34.7. The first kappa shape index (κ1) is 64.7. The smallest absolute Gasteiger partial charge is 0.333 e. The molecule has 2 rings (SSSR count). The summed E-state index contributed by atoms with van der Waals surface area (Å²) in [5, 5.41) is 10.3. The Kier molecular flexibility index (Phi) is 24.6. The van der Waals surface area contributed by atoms with Gasteiger partial charge < -0.3 is 59.7 Å². The molecule has 0 aromatic heterocycles. The van der Waals surface area contributed by atoms with Gasteiger partial charge in [-0.15, -0.1) is 0 Å². The molecule has 22 heteroatoms. The van der Waals surface area contributed by atoms with E-state index in [2.05, 4.69) is 27.8 Å². The third-order valence-electron chi connectivity index (χ3n) is 12.7. The summed E-state index contributed by atoms with van der Waals surface area (Å²) >= 11 is 0. The van der Waals surface area contributed by atoms with Crippen molar-refractivity contribution in [1.29, 1.82) is 0 Å². The van der Waals surface area contributed by atoms with Crippen molar-refractivity contribution in [3.63, 3.8) is 0 Å². The van der Waals surface area contributed by atoms with Crippen molar-refractivity contribution in [3.8, 4) is 0 Å². The van der Waals surface area contributed by atoms with Crippen LogP contribution in [0.15, 0.2) is 42.6 Å². The molecule has 1 aliphatic heterocycles. The van der Waals surface area contributed by atoms with Gasteiger partial charge in [0, 0.05) is 48.0 Å². The average Bonchev–Trinajstić information content (AvgIpc) is 3.33. The summed E-state index contributed by atoms with van der Waals surface area (Å²) in [6.45, 7) is 25.9. The standard InChI is InChI=1S/C53H83N7O15/c1-20-37(62)56-40(44(29(6)7)75-53(13,14)15)51(69)73-42(27(2)3)38-49(67)60(18)41(33(11)71-19)52(70)74-43(28(4)5)39(55-34(12)61)50(68)72-36(26-35-24-22-21-23-25-35)48(66)59(17)31(9)45(63)54-30(8)47(65)58(16)32(10)46(64)57-38/h21-25,27-30,32-33,36,38-44H,9,20,26H2,1-8,10-19H3,(H,54,63)(H,55,61)(H,56,62)(H,57,64)/t30-,32-,33+,36+,38-,39-,40-,41-,42+,43+,44+/m0/s1. The summed E-state index contributed by atoms with van der Waals surface area (Å²) in [4.78, 5) is 144. The molecule has 0 aliphatic carbocycles. The van der Waals surface area contributed by atoms with Crippen LogP contribution in [0.1, 0.15) is 109 Å². The highest BCUT2D eigenvalue weighted by atomic mass is 16.6. The summed E-state index contributed by atoms with van der Waals surface area (Å²) < 4.78 is 30.1. The molecule has 0 spiro atoms. The molecule has 11 atom stereocenters. The van der Waals surface area contributed by atoms with Gasteiger partial charge in [-0.2, -0.15) is 0 Å². The van der Waals surface area contributed by atoms with Crippen molar-refractivity contribution in [1.82, 2.24) is 36.0 Å². The van der Waals surface area contributed by atoms with E-state index in [4.69, 9.17) is 23.7 Å². The first-order valence-electron chi connectivity index (χ1n) is 25.2. The topological polar surface area (TPSA) is 275 Å². The lowest BCUT2D eigenvalue weighted by atomic mass is 9.95. The predicted molar refractivity (Wildman–Crippen MR) is 275 cm³/mol. The van der Waals surface area contributed by atoms with Crippen molar-refractivity contribution in [2.45, 2.75) is 182 Å². The number of carbonyl (C=O) groups is 10. The minimum absolute atomic E-state index is 0.00799. The van der Waals surface area contributed by atoms with Crippen LogP contribution in [0.3, 0.4) is 0 Å². The van der Waals surface area contributed by atoms with E-state index in [1.54, 1.807) is 99.6 Å². The number of esters is 3. The number of benzene rings is 1. The third kappa shape index (κ3) is 18.1. The minimum Gasteiger partial charge on any atom is -0.458 e. The number of nitrogens with one attached hydrogen (secondary N) is 4. The molecular weight excluding hydrogens is 975 g/mol. The Morgan fingerprint density at radius 3 is 1.89 bits per heavy atom. The van der Waals surface area contributed by atoms with E-state index in [0.717, 1.165) is 21.6 Å². The molecule has 1 heterocycles. The Labute approximate surface area is 442 Å². The molecule has 1 fully saturated rings. The quantitative estimate of drug-likeness (QED) is 0.111. The number of ether oxygens (including phenoxy) is 5. The first-order valence-corrected chi connectivity index (χ1v) is 25.2. The Morgan fingerprint density at radius 2 is 1.40 bits per heavy atom. The molecule has 1 aromatic carbocycles. The average molecular weight is 1060 g/mol. The van der Waals surface area contributed by atoms with E-state index in [0.29, 0.717) is 5.56 Å². The molecule has 0 unspecified atom stereocenters. The number of hydrogen-bond donors (Lipinski definition) is 4. The van der Waals surface area contributed by atoms with E-state index in [9.17, 15) is 43.2 Å². The van der Waals surface area contributed by atoms with Crippen LogP contribution in [-0.4, -0.2) is 175 Å². The van der Waals surface area contributed by atoms with Gasteiger partial charge in [0.1, 0.15) is 36.0 Å². The highest BCUT2D eigenvalue weighted by Gasteiger charge is 2.47. The number of methoxy groups -OCH3 is 1. The van der Waals surface area contributed by atoms with Crippen molar-refractivity contribution >= 4 is 59.3 Å². The lowest BCUT2D eigenvalue weighted by Gasteiger charge is -2.39. The van der Waals surface area contributed by atoms with Crippen LogP contribution >= 0.6 is 0 Å². The van der Waals surface area contributed by atoms with Crippen LogP contribution < -0.4 is 21.3 Å². The number of cyclic esters (lactones) is 2. The molecule has 0 saturated carbocycles. The Bertz CT molecular complexity index is 2210. The lowest BCUT2D eigenvalue weighted by molar-refractivity contribution is -0.177. The van der Waals surface area contributed by atoms with E-state index in [1.807, 2.05) is 0 Å². The van der Waals surface area contributed by atoms with Crippen molar-refractivity contribution in [2.24, 2.45) is 17.8 Å². The lowest BCUT2D eigenvalue weighted by Crippen LogP contribution is -2.64. The van der Waals surface area contributed by atoms with Crippen molar-refractivity contribution in [2.75, 3.05) is 28.3 Å². The SMILES string of the molecule is C=C1C(=O)N[C@@H](C)C(=O)N(C)[C@@H](C)C(=O)N[C@@H]([C@H](OC(=O)[C@@H](NC(=O)CC)[C@H](OC(C)(C)C)C(C)C)C(C)C)C(=O)N(C)[C@@H]([C@@H](C)OC)C(=O)O[C@H](C(C)C)[C@H](NC(C)=O)C(=O)O[C@H](Cc2ccccc2)C(=O)N1C. The van der Waals surface area contributed by atoms with Crippen LogP contribution in [0, 0.1) is 17.8 Å². The van der Waals surface area contributed by atoms with Crippen LogP contribution in [-0.2, 0) is 78.1 Å². The van der Waals surface area contributed by atoms with Gasteiger partial charge in [0.05, 0.1) is 17.8 Å². The molecule has 22 nitrogen and oxygen atoms in total. The Morgan fingerprint density at radius 1 is 0.813 bits per heavy atom. The number of rotatable bonds is 15. The van der Waals surface area contributed by atoms with Gasteiger partial charge in [-0.25, -0.2) is 14.4 Å². The normalized spacial score (nSPS) is 24.3. The molecule has 7 amide bonds. The van der Waals surface area contributed by atoms with Gasteiger partial charge in [0.2, 0.25) is 29.5 Å². The summed E-state index contributed by atoms with van der Waals surface area (Å²) in [6, 6.07) is -1.00. The minimum atomic E-state index is -1.84. The highest BCUT2D eigenvalue weighted by molar-refractivity contribution is 6.01. The molecule has 4 N–H and O–H groups in total. The third-order valence-corrected chi connectivity index (χ3v) is 12.7. The van der Waals surface area contributed by atoms with Crippen molar-refractivity contribution < 1.29 is 71.6 Å². The molecular formula is C53H83N7O15. The fraction of sp³-hybridized carbons (Fsp3) is 0.660. The largest absolute Gasteiger partial charge is 0.458 e. The molecule has 420 valence electrons. The van der Waals surface area contributed by atoms with E-state index in [-0.39, 0.29) is 18.8 Å².